The minimum absolute atomic E-state index is 0.0189. The average Bonchev–Trinajstić information content (AvgIpc) is 3.21. The van der Waals surface area contributed by atoms with E-state index in [1.807, 2.05) is 12.1 Å². The Bertz CT molecular complexity index is 757. The quantitative estimate of drug-likeness (QED) is 0.588. The van der Waals surface area contributed by atoms with Gasteiger partial charge in [0.15, 0.2) is 5.78 Å². The molecule has 0 amide bonds. The normalized spacial score (nSPS) is 14.1. The number of nitrogens with one attached hydrogen (secondary N) is 1. The van der Waals surface area contributed by atoms with Crippen LogP contribution >= 0.6 is 0 Å². The minimum atomic E-state index is -0.387. The lowest BCUT2D eigenvalue weighted by molar-refractivity contribution is 0.0525. The lowest BCUT2D eigenvalue weighted by Gasteiger charge is -2.19. The van der Waals surface area contributed by atoms with Gasteiger partial charge in [-0.15, -0.1) is 0 Å². The van der Waals surface area contributed by atoms with E-state index in [4.69, 9.17) is 9.15 Å². The highest BCUT2D eigenvalue weighted by molar-refractivity contribution is 6.02. The number of aryl methyl sites for hydroxylation is 1. The molecule has 1 saturated carbocycles. The van der Waals surface area contributed by atoms with Crippen LogP contribution in [0.4, 0.5) is 0 Å². The zero-order valence-corrected chi connectivity index (χ0v) is 14.9. The molecule has 6 heteroatoms. The Morgan fingerprint density at radius 2 is 2.12 bits per heavy atom. The second-order valence-electron chi connectivity index (χ2n) is 6.48. The third-order valence-electron chi connectivity index (χ3n) is 4.54. The molecule has 0 atom stereocenters. The number of carbonyl (C=O) groups is 2. The van der Waals surface area contributed by atoms with Gasteiger partial charge in [-0.1, -0.05) is 0 Å². The van der Waals surface area contributed by atoms with E-state index in [-0.39, 0.29) is 11.8 Å². The molecule has 2 heterocycles. The van der Waals surface area contributed by atoms with E-state index in [0.717, 1.165) is 18.6 Å². The molecule has 0 aromatic carbocycles. The smallest absolute Gasteiger partial charge is 0.340 e. The number of hydrogen-bond acceptors (Lipinski definition) is 5. The first-order chi connectivity index (χ1) is 12.0. The molecule has 2 aromatic heterocycles. The number of ether oxygens (including phenoxy) is 1. The SMILES string of the molecule is CCOC(=O)c1c(C)[nH]c(C(=O)CN(Cc2ccco2)C2CC2)c1C. The summed E-state index contributed by atoms with van der Waals surface area (Å²) in [7, 11) is 0. The predicted octanol–water partition coefficient (Wildman–Crippen LogP) is 3.25. The molecule has 1 aliphatic rings. The van der Waals surface area contributed by atoms with Gasteiger partial charge in [0, 0.05) is 11.7 Å². The van der Waals surface area contributed by atoms with Gasteiger partial charge in [0.25, 0.3) is 0 Å². The third-order valence-corrected chi connectivity index (χ3v) is 4.54. The molecule has 134 valence electrons. The molecule has 25 heavy (non-hydrogen) atoms. The Labute approximate surface area is 147 Å². The maximum atomic E-state index is 12.8. The molecule has 0 spiro atoms. The number of H-pyrrole nitrogens is 1. The van der Waals surface area contributed by atoms with Gasteiger partial charge in [-0.05, 0) is 51.3 Å². The fourth-order valence-electron chi connectivity index (χ4n) is 3.16. The monoisotopic (exact) mass is 344 g/mol. The van der Waals surface area contributed by atoms with Crippen LogP contribution in [0.25, 0.3) is 0 Å². The molecule has 0 saturated heterocycles. The highest BCUT2D eigenvalue weighted by Gasteiger charge is 2.32. The van der Waals surface area contributed by atoms with Crippen LogP contribution in [-0.2, 0) is 11.3 Å². The summed E-state index contributed by atoms with van der Waals surface area (Å²) < 4.78 is 10.5. The summed E-state index contributed by atoms with van der Waals surface area (Å²) in [6.07, 6.45) is 3.85. The lowest BCUT2D eigenvalue weighted by atomic mass is 10.1. The van der Waals surface area contributed by atoms with E-state index < -0.39 is 0 Å². The van der Waals surface area contributed by atoms with Crippen LogP contribution in [0.1, 0.15) is 57.6 Å². The molecule has 1 aliphatic carbocycles. The van der Waals surface area contributed by atoms with Crippen LogP contribution in [-0.4, -0.2) is 40.8 Å². The number of nitrogens with zero attached hydrogens (tertiary/aromatic N) is 1. The maximum Gasteiger partial charge on any atom is 0.340 e. The number of carbonyl (C=O) groups excluding carboxylic acids is 2. The minimum Gasteiger partial charge on any atom is -0.468 e. The van der Waals surface area contributed by atoms with E-state index in [9.17, 15) is 9.59 Å². The molecule has 0 radical (unpaired) electrons. The Balaban J connectivity index is 1.76. The number of ketones is 1. The fourth-order valence-corrected chi connectivity index (χ4v) is 3.16. The summed E-state index contributed by atoms with van der Waals surface area (Å²) in [5, 5.41) is 0. The van der Waals surface area contributed by atoms with Crippen molar-refractivity contribution in [1.82, 2.24) is 9.88 Å². The Kier molecular flexibility index (Phi) is 5.08. The van der Waals surface area contributed by atoms with Crippen molar-refractivity contribution in [3.05, 3.63) is 46.7 Å². The zero-order valence-electron chi connectivity index (χ0n) is 14.9. The van der Waals surface area contributed by atoms with E-state index >= 15 is 0 Å². The summed E-state index contributed by atoms with van der Waals surface area (Å²) in [6, 6.07) is 4.20. The fraction of sp³-hybridized carbons (Fsp3) is 0.474. The first-order valence-electron chi connectivity index (χ1n) is 8.67. The molecule has 0 unspecified atom stereocenters. The number of esters is 1. The maximum absolute atomic E-state index is 12.8. The number of aromatic nitrogens is 1. The van der Waals surface area contributed by atoms with Crippen LogP contribution in [0.15, 0.2) is 22.8 Å². The van der Waals surface area contributed by atoms with Crippen molar-refractivity contribution in [2.24, 2.45) is 0 Å². The highest BCUT2D eigenvalue weighted by Crippen LogP contribution is 2.29. The molecule has 0 aliphatic heterocycles. The Morgan fingerprint density at radius 3 is 2.72 bits per heavy atom. The van der Waals surface area contributed by atoms with E-state index in [1.165, 1.54) is 0 Å². The Hall–Kier alpha value is -2.34. The molecule has 2 aromatic rings. The van der Waals surface area contributed by atoms with Crippen LogP contribution in [0, 0.1) is 13.8 Å². The standard InChI is InChI=1S/C19H24N2O4/c1-4-24-19(23)17-12(2)18(20-13(17)3)16(22)11-21(14-7-8-14)10-15-6-5-9-25-15/h5-6,9,14,20H,4,7-8,10-11H2,1-3H3. The van der Waals surface area contributed by atoms with Crippen molar-refractivity contribution in [1.29, 1.82) is 0 Å². The van der Waals surface area contributed by atoms with Gasteiger partial charge >= 0.3 is 5.97 Å². The summed E-state index contributed by atoms with van der Waals surface area (Å²) in [5.41, 5.74) is 2.29. The number of furan rings is 1. The number of hydrogen-bond donors (Lipinski definition) is 1. The molecule has 1 fully saturated rings. The summed E-state index contributed by atoms with van der Waals surface area (Å²) in [4.78, 5) is 30.1. The second-order valence-corrected chi connectivity index (χ2v) is 6.48. The molecular formula is C19H24N2O4. The van der Waals surface area contributed by atoms with Crippen molar-refractivity contribution in [3.63, 3.8) is 0 Å². The third kappa shape index (κ3) is 3.85. The van der Waals surface area contributed by atoms with Crippen molar-refractivity contribution in [2.75, 3.05) is 13.2 Å². The summed E-state index contributed by atoms with van der Waals surface area (Å²) in [5.74, 6) is 0.448. The number of Topliss-reactive ketones (excluding diaryl/α,β-unsaturated/α-hetero) is 1. The van der Waals surface area contributed by atoms with Crippen molar-refractivity contribution < 1.29 is 18.7 Å². The summed E-state index contributed by atoms with van der Waals surface area (Å²) in [6.45, 7) is 6.57. The molecule has 3 rings (SSSR count). The van der Waals surface area contributed by atoms with E-state index in [1.54, 1.807) is 27.0 Å². The zero-order chi connectivity index (χ0) is 18.0. The van der Waals surface area contributed by atoms with Crippen LogP contribution in [0.3, 0.4) is 0 Å². The van der Waals surface area contributed by atoms with Gasteiger partial charge in [-0.25, -0.2) is 4.79 Å². The number of rotatable bonds is 8. The average molecular weight is 344 g/mol. The van der Waals surface area contributed by atoms with Gasteiger partial charge in [0.1, 0.15) is 5.76 Å². The highest BCUT2D eigenvalue weighted by atomic mass is 16.5. The van der Waals surface area contributed by atoms with Crippen LogP contribution in [0.5, 0.6) is 0 Å². The lowest BCUT2D eigenvalue weighted by Crippen LogP contribution is -2.31. The molecular weight excluding hydrogens is 320 g/mol. The van der Waals surface area contributed by atoms with Crippen molar-refractivity contribution >= 4 is 11.8 Å². The summed E-state index contributed by atoms with van der Waals surface area (Å²) >= 11 is 0. The van der Waals surface area contributed by atoms with Crippen LogP contribution < -0.4 is 0 Å². The van der Waals surface area contributed by atoms with E-state index in [2.05, 4.69) is 9.88 Å². The Morgan fingerprint density at radius 1 is 1.36 bits per heavy atom. The molecule has 0 bridgehead atoms. The van der Waals surface area contributed by atoms with Crippen molar-refractivity contribution in [2.45, 2.75) is 46.2 Å². The first kappa shape index (κ1) is 17.5. The van der Waals surface area contributed by atoms with Gasteiger partial charge in [0.2, 0.25) is 0 Å². The van der Waals surface area contributed by atoms with Gasteiger partial charge in [-0.3, -0.25) is 9.69 Å². The van der Waals surface area contributed by atoms with E-state index in [0.29, 0.717) is 48.3 Å². The molecule has 1 N–H and O–H groups in total. The van der Waals surface area contributed by atoms with Crippen molar-refractivity contribution in [3.8, 4) is 0 Å². The van der Waals surface area contributed by atoms with Gasteiger partial charge < -0.3 is 14.1 Å². The van der Waals surface area contributed by atoms with Crippen LogP contribution in [0.2, 0.25) is 0 Å². The molecule has 6 nitrogen and oxygen atoms in total. The second kappa shape index (κ2) is 7.27. The topological polar surface area (TPSA) is 75.5 Å². The number of aromatic amines is 1. The predicted molar refractivity (Wildman–Crippen MR) is 92.7 cm³/mol. The van der Waals surface area contributed by atoms with Gasteiger partial charge in [0.05, 0.1) is 37.2 Å². The largest absolute Gasteiger partial charge is 0.468 e. The first-order valence-corrected chi connectivity index (χ1v) is 8.67. The van der Waals surface area contributed by atoms with Gasteiger partial charge in [-0.2, -0.15) is 0 Å².